The number of carbonyl (C=O) groups is 1. The van der Waals surface area contributed by atoms with Crippen LogP contribution in [0.2, 0.25) is 0 Å². The van der Waals surface area contributed by atoms with Crippen LogP contribution in [-0.4, -0.2) is 36.5 Å². The molecule has 0 fully saturated rings. The fourth-order valence-electron chi connectivity index (χ4n) is 3.45. The molecule has 0 unspecified atom stereocenters. The Morgan fingerprint density at radius 3 is 2.55 bits per heavy atom. The molecule has 1 amide bonds. The molecule has 2 aromatic carbocycles. The van der Waals surface area contributed by atoms with Gasteiger partial charge < -0.3 is 10.1 Å². The van der Waals surface area contributed by atoms with Gasteiger partial charge in [-0.3, -0.25) is 9.69 Å². The molecule has 1 aromatic heterocycles. The summed E-state index contributed by atoms with van der Waals surface area (Å²) < 4.78 is 5.43. The van der Waals surface area contributed by atoms with Crippen LogP contribution in [-0.2, 0) is 11.3 Å². The largest absolute Gasteiger partial charge is 0.496 e. The van der Waals surface area contributed by atoms with Gasteiger partial charge in [0.25, 0.3) is 0 Å². The highest BCUT2D eigenvalue weighted by atomic mass is 32.1. The molecule has 1 N–H and O–H groups in total. The third kappa shape index (κ3) is 5.22. The van der Waals surface area contributed by atoms with Crippen molar-refractivity contribution in [2.75, 3.05) is 26.0 Å². The molecule has 29 heavy (non-hydrogen) atoms. The fraction of sp³-hybridized carbons (Fsp3) is 0.304. The lowest BCUT2D eigenvalue weighted by atomic mass is 10.1. The van der Waals surface area contributed by atoms with Crippen LogP contribution in [0.4, 0.5) is 5.69 Å². The molecule has 0 aliphatic rings. The molecule has 0 bridgehead atoms. The SMILES string of the molecule is COc1ccccc1-c1csc(CN(C)CC(=O)Nc2c(C)cc(C)cc2C)n1. The van der Waals surface area contributed by atoms with Crippen molar-refractivity contribution in [2.24, 2.45) is 0 Å². The minimum absolute atomic E-state index is 0.0240. The van der Waals surface area contributed by atoms with E-state index in [-0.39, 0.29) is 5.91 Å². The van der Waals surface area contributed by atoms with Gasteiger partial charge in [-0.25, -0.2) is 4.98 Å². The highest BCUT2D eigenvalue weighted by Crippen LogP contribution is 2.30. The Bertz CT molecular complexity index is 990. The van der Waals surface area contributed by atoms with E-state index >= 15 is 0 Å². The number of rotatable bonds is 7. The zero-order valence-corrected chi connectivity index (χ0v) is 18.4. The summed E-state index contributed by atoms with van der Waals surface area (Å²) in [6.45, 7) is 7.02. The topological polar surface area (TPSA) is 54.5 Å². The molecule has 0 aliphatic carbocycles. The lowest BCUT2D eigenvalue weighted by molar-refractivity contribution is -0.117. The van der Waals surface area contributed by atoms with E-state index in [0.29, 0.717) is 13.1 Å². The molecule has 0 spiro atoms. The second-order valence-corrected chi connectivity index (χ2v) is 8.26. The van der Waals surface area contributed by atoms with Crippen molar-refractivity contribution in [3.63, 3.8) is 0 Å². The molecule has 152 valence electrons. The lowest BCUT2D eigenvalue weighted by Crippen LogP contribution is -2.30. The summed E-state index contributed by atoms with van der Waals surface area (Å²) in [6.07, 6.45) is 0. The van der Waals surface area contributed by atoms with Gasteiger partial charge in [-0.15, -0.1) is 11.3 Å². The zero-order valence-electron chi connectivity index (χ0n) is 17.6. The number of amides is 1. The number of nitrogens with zero attached hydrogens (tertiary/aromatic N) is 2. The first kappa shape index (κ1) is 21.0. The van der Waals surface area contributed by atoms with Gasteiger partial charge in [0.1, 0.15) is 10.8 Å². The number of ether oxygens (including phenoxy) is 1. The molecule has 0 atom stereocenters. The van der Waals surface area contributed by atoms with E-state index < -0.39 is 0 Å². The highest BCUT2D eigenvalue weighted by molar-refractivity contribution is 7.09. The second kappa shape index (κ2) is 9.20. The molecule has 0 saturated heterocycles. The van der Waals surface area contributed by atoms with E-state index in [1.165, 1.54) is 5.56 Å². The van der Waals surface area contributed by atoms with Gasteiger partial charge in [0, 0.05) is 16.6 Å². The first-order valence-corrected chi connectivity index (χ1v) is 10.4. The number of benzene rings is 2. The van der Waals surface area contributed by atoms with Gasteiger partial charge in [0.05, 0.1) is 25.9 Å². The van der Waals surface area contributed by atoms with E-state index in [2.05, 4.69) is 24.4 Å². The third-order valence-corrected chi connectivity index (χ3v) is 5.53. The summed E-state index contributed by atoms with van der Waals surface area (Å²) in [5.74, 6) is 0.782. The predicted octanol–water partition coefficient (Wildman–Crippen LogP) is 4.81. The van der Waals surface area contributed by atoms with Crippen molar-refractivity contribution < 1.29 is 9.53 Å². The minimum Gasteiger partial charge on any atom is -0.496 e. The van der Waals surface area contributed by atoms with Gasteiger partial charge in [-0.2, -0.15) is 0 Å². The summed E-state index contributed by atoms with van der Waals surface area (Å²) in [4.78, 5) is 19.2. The average molecular weight is 410 g/mol. The van der Waals surface area contributed by atoms with Gasteiger partial charge in [-0.05, 0) is 51.1 Å². The first-order valence-electron chi connectivity index (χ1n) is 9.51. The van der Waals surface area contributed by atoms with E-state index in [4.69, 9.17) is 9.72 Å². The monoisotopic (exact) mass is 409 g/mol. The van der Waals surface area contributed by atoms with Crippen LogP contribution in [0.15, 0.2) is 41.8 Å². The standard InChI is InChI=1S/C23H27N3O2S/c1-15-10-16(2)23(17(3)11-15)25-21(27)12-26(4)13-22-24-19(14-29-22)18-8-6-7-9-20(18)28-5/h6-11,14H,12-13H2,1-5H3,(H,25,27). The van der Waals surface area contributed by atoms with Crippen LogP contribution in [0, 0.1) is 20.8 Å². The van der Waals surface area contributed by atoms with Crippen molar-refractivity contribution in [1.29, 1.82) is 0 Å². The minimum atomic E-state index is -0.0240. The Balaban J connectivity index is 1.62. The van der Waals surface area contributed by atoms with Crippen LogP contribution in [0.5, 0.6) is 5.75 Å². The molecule has 0 aliphatic heterocycles. The maximum Gasteiger partial charge on any atom is 0.238 e. The van der Waals surface area contributed by atoms with Crippen LogP contribution >= 0.6 is 11.3 Å². The van der Waals surface area contributed by atoms with Crippen molar-refractivity contribution in [2.45, 2.75) is 27.3 Å². The van der Waals surface area contributed by atoms with Crippen LogP contribution < -0.4 is 10.1 Å². The van der Waals surface area contributed by atoms with E-state index in [1.807, 2.05) is 55.4 Å². The summed E-state index contributed by atoms with van der Waals surface area (Å²) >= 11 is 1.59. The molecule has 0 radical (unpaired) electrons. The number of para-hydroxylation sites is 1. The third-order valence-electron chi connectivity index (χ3n) is 4.69. The van der Waals surface area contributed by atoms with Crippen molar-refractivity contribution in [1.82, 2.24) is 9.88 Å². The van der Waals surface area contributed by atoms with Crippen LogP contribution in [0.3, 0.4) is 0 Å². The molecule has 1 heterocycles. The lowest BCUT2D eigenvalue weighted by Gasteiger charge is -2.17. The Hall–Kier alpha value is -2.70. The molecule has 0 saturated carbocycles. The maximum atomic E-state index is 12.5. The molecule has 5 nitrogen and oxygen atoms in total. The number of anilines is 1. The van der Waals surface area contributed by atoms with E-state index in [1.54, 1.807) is 18.4 Å². The normalized spacial score (nSPS) is 11.0. The van der Waals surface area contributed by atoms with E-state index in [0.717, 1.165) is 38.8 Å². The number of carbonyl (C=O) groups excluding carboxylic acids is 1. The number of hydrogen-bond acceptors (Lipinski definition) is 5. The molecular formula is C23H27N3O2S. The number of aromatic nitrogens is 1. The first-order chi connectivity index (χ1) is 13.9. The Morgan fingerprint density at radius 1 is 1.17 bits per heavy atom. The highest BCUT2D eigenvalue weighted by Gasteiger charge is 2.14. The summed E-state index contributed by atoms with van der Waals surface area (Å²) in [5.41, 5.74) is 6.14. The van der Waals surface area contributed by atoms with Crippen molar-refractivity contribution in [3.8, 4) is 17.0 Å². The Morgan fingerprint density at radius 2 is 1.86 bits per heavy atom. The number of likely N-dealkylation sites (N-methyl/N-ethyl adjacent to an activating group) is 1. The Labute approximate surface area is 176 Å². The smallest absolute Gasteiger partial charge is 0.238 e. The number of thiazole rings is 1. The van der Waals surface area contributed by atoms with Crippen molar-refractivity contribution in [3.05, 3.63) is 63.5 Å². The van der Waals surface area contributed by atoms with Crippen molar-refractivity contribution >= 4 is 22.9 Å². The fourth-order valence-corrected chi connectivity index (χ4v) is 4.32. The number of nitrogens with one attached hydrogen (secondary N) is 1. The van der Waals surface area contributed by atoms with Gasteiger partial charge in [0.15, 0.2) is 0 Å². The van der Waals surface area contributed by atoms with Gasteiger partial charge in [-0.1, -0.05) is 29.8 Å². The van der Waals surface area contributed by atoms with E-state index in [9.17, 15) is 4.79 Å². The maximum absolute atomic E-state index is 12.5. The predicted molar refractivity (Wildman–Crippen MR) is 120 cm³/mol. The van der Waals surface area contributed by atoms with Gasteiger partial charge >= 0.3 is 0 Å². The Kier molecular flexibility index (Phi) is 6.67. The molecule has 6 heteroatoms. The zero-order chi connectivity index (χ0) is 21.0. The van der Waals surface area contributed by atoms with Crippen LogP contribution in [0.25, 0.3) is 11.3 Å². The number of aryl methyl sites for hydroxylation is 3. The van der Waals surface area contributed by atoms with Crippen LogP contribution in [0.1, 0.15) is 21.7 Å². The van der Waals surface area contributed by atoms with Gasteiger partial charge in [0.2, 0.25) is 5.91 Å². The molecule has 3 rings (SSSR count). The summed E-state index contributed by atoms with van der Waals surface area (Å²) in [6, 6.07) is 12.0. The number of hydrogen-bond donors (Lipinski definition) is 1. The summed E-state index contributed by atoms with van der Waals surface area (Å²) in [5, 5.41) is 6.04. The summed E-state index contributed by atoms with van der Waals surface area (Å²) in [7, 11) is 3.59. The number of methoxy groups -OCH3 is 1. The second-order valence-electron chi connectivity index (χ2n) is 7.32. The molecule has 3 aromatic rings. The quantitative estimate of drug-likeness (QED) is 0.608. The average Bonchev–Trinajstić information content (AvgIpc) is 3.12. The molecular weight excluding hydrogens is 382 g/mol.